The van der Waals surface area contributed by atoms with Gasteiger partial charge in [0.05, 0.1) is 6.42 Å². The molecule has 0 N–H and O–H groups in total. The van der Waals surface area contributed by atoms with Gasteiger partial charge in [0.2, 0.25) is 17.7 Å². The van der Waals surface area contributed by atoms with Gasteiger partial charge in [-0.3, -0.25) is 19.4 Å². The van der Waals surface area contributed by atoms with Crippen LogP contribution in [0.25, 0.3) is 0 Å². The first kappa shape index (κ1) is 19.9. The molecule has 1 unspecified atom stereocenters. The Morgan fingerprint density at radius 2 is 1.59 bits per heavy atom. The zero-order valence-corrected chi connectivity index (χ0v) is 17.0. The molecule has 2 saturated heterocycles. The van der Waals surface area contributed by atoms with Gasteiger partial charge < -0.3 is 14.7 Å². The number of pyridine rings is 1. The molecule has 0 spiro atoms. The second-order valence-corrected chi connectivity index (χ2v) is 8.37. The topological polar surface area (TPSA) is 73.8 Å². The van der Waals surface area contributed by atoms with Crippen molar-refractivity contribution in [2.75, 3.05) is 32.7 Å². The first-order chi connectivity index (χ1) is 14.1. The second-order valence-electron chi connectivity index (χ2n) is 8.37. The van der Waals surface area contributed by atoms with Gasteiger partial charge in [0.25, 0.3) is 0 Å². The van der Waals surface area contributed by atoms with Crippen molar-refractivity contribution in [3.8, 4) is 0 Å². The molecule has 3 aliphatic rings. The monoisotopic (exact) mass is 398 g/mol. The van der Waals surface area contributed by atoms with Crippen molar-refractivity contribution >= 4 is 17.7 Å². The summed E-state index contributed by atoms with van der Waals surface area (Å²) >= 11 is 0. The molecule has 0 bridgehead atoms. The van der Waals surface area contributed by atoms with Crippen molar-refractivity contribution in [1.82, 2.24) is 19.7 Å². The molecule has 1 aromatic rings. The summed E-state index contributed by atoms with van der Waals surface area (Å²) in [5.74, 6) is 0.410. The van der Waals surface area contributed by atoms with Gasteiger partial charge in [-0.2, -0.15) is 0 Å². The molecule has 1 atom stereocenters. The average Bonchev–Trinajstić information content (AvgIpc) is 3.46. The minimum atomic E-state index is -0.307. The van der Waals surface area contributed by atoms with Gasteiger partial charge in [0.1, 0.15) is 6.04 Å². The number of piperazine rings is 1. The van der Waals surface area contributed by atoms with E-state index in [2.05, 4.69) is 4.98 Å². The Bertz CT molecular complexity index is 740. The summed E-state index contributed by atoms with van der Waals surface area (Å²) in [7, 11) is 0. The van der Waals surface area contributed by atoms with E-state index >= 15 is 0 Å². The molecule has 156 valence electrons. The maximum absolute atomic E-state index is 13.1. The number of hydrogen-bond acceptors (Lipinski definition) is 4. The molecular formula is C22H30N4O3. The summed E-state index contributed by atoms with van der Waals surface area (Å²) in [5.41, 5.74) is 0.767. The van der Waals surface area contributed by atoms with Gasteiger partial charge in [-0.05, 0) is 37.8 Å². The molecule has 3 heterocycles. The molecule has 0 aromatic carbocycles. The smallest absolute Gasteiger partial charge is 0.245 e. The van der Waals surface area contributed by atoms with Crippen LogP contribution in [0.3, 0.4) is 0 Å². The Labute approximate surface area is 172 Å². The Balaban J connectivity index is 1.30. The van der Waals surface area contributed by atoms with E-state index in [0.717, 1.165) is 44.2 Å². The lowest BCUT2D eigenvalue weighted by atomic mass is 10.1. The van der Waals surface area contributed by atoms with Crippen LogP contribution >= 0.6 is 0 Å². The Kier molecular flexibility index (Phi) is 6.11. The highest BCUT2D eigenvalue weighted by Gasteiger charge is 2.40. The van der Waals surface area contributed by atoms with E-state index in [-0.39, 0.29) is 29.7 Å². The Hall–Kier alpha value is -2.44. The van der Waals surface area contributed by atoms with Crippen molar-refractivity contribution in [2.45, 2.75) is 51.0 Å². The van der Waals surface area contributed by atoms with Crippen molar-refractivity contribution in [1.29, 1.82) is 0 Å². The molecule has 1 aliphatic carbocycles. The van der Waals surface area contributed by atoms with Crippen molar-refractivity contribution in [3.63, 3.8) is 0 Å². The molecule has 2 aliphatic heterocycles. The predicted octanol–water partition coefficient (Wildman–Crippen LogP) is 1.48. The molecule has 7 heteroatoms. The molecule has 1 saturated carbocycles. The number of likely N-dealkylation sites (tertiary alicyclic amines) is 1. The molecular weight excluding hydrogens is 368 g/mol. The van der Waals surface area contributed by atoms with Crippen LogP contribution in [0.5, 0.6) is 0 Å². The summed E-state index contributed by atoms with van der Waals surface area (Å²) in [6.07, 6.45) is 7.82. The quantitative estimate of drug-likeness (QED) is 0.770. The minimum Gasteiger partial charge on any atom is -0.339 e. The molecule has 4 rings (SSSR count). The fourth-order valence-electron chi connectivity index (χ4n) is 4.85. The summed E-state index contributed by atoms with van der Waals surface area (Å²) in [4.78, 5) is 48.2. The molecule has 29 heavy (non-hydrogen) atoms. The van der Waals surface area contributed by atoms with E-state index in [1.807, 2.05) is 32.9 Å². The van der Waals surface area contributed by atoms with E-state index < -0.39 is 0 Å². The van der Waals surface area contributed by atoms with E-state index in [9.17, 15) is 14.4 Å². The lowest BCUT2D eigenvalue weighted by Gasteiger charge is -2.37. The molecule has 1 aromatic heterocycles. The van der Waals surface area contributed by atoms with Crippen LogP contribution in [-0.4, -0.2) is 76.2 Å². The number of carbonyl (C=O) groups excluding carboxylic acids is 3. The van der Waals surface area contributed by atoms with Crippen LogP contribution in [-0.2, 0) is 20.8 Å². The van der Waals surface area contributed by atoms with Gasteiger partial charge >= 0.3 is 0 Å². The van der Waals surface area contributed by atoms with Crippen molar-refractivity contribution in [3.05, 3.63) is 30.1 Å². The van der Waals surface area contributed by atoms with Gasteiger partial charge in [-0.15, -0.1) is 0 Å². The number of aromatic nitrogens is 1. The van der Waals surface area contributed by atoms with Gasteiger partial charge in [0.15, 0.2) is 0 Å². The maximum Gasteiger partial charge on any atom is 0.245 e. The first-order valence-corrected chi connectivity index (χ1v) is 10.9. The summed E-state index contributed by atoms with van der Waals surface area (Å²) in [6.45, 7) is 2.86. The maximum atomic E-state index is 13.1. The van der Waals surface area contributed by atoms with Crippen molar-refractivity contribution in [2.24, 2.45) is 5.92 Å². The highest BCUT2D eigenvalue weighted by atomic mass is 16.2. The van der Waals surface area contributed by atoms with E-state index in [1.165, 1.54) is 0 Å². The largest absolute Gasteiger partial charge is 0.339 e. The lowest BCUT2D eigenvalue weighted by molar-refractivity contribution is -0.148. The predicted molar refractivity (Wildman–Crippen MR) is 108 cm³/mol. The van der Waals surface area contributed by atoms with E-state index in [4.69, 9.17) is 0 Å². The first-order valence-electron chi connectivity index (χ1n) is 10.9. The molecule has 3 amide bonds. The van der Waals surface area contributed by atoms with Gasteiger partial charge in [0, 0.05) is 50.5 Å². The summed E-state index contributed by atoms with van der Waals surface area (Å²) in [5, 5.41) is 0. The molecule has 7 nitrogen and oxygen atoms in total. The standard InChI is InChI=1S/C22H30N4O3/c27-20(16-18-8-3-4-10-23-18)24-12-14-25(15-13-24)22(29)19-9-5-11-26(19)21(28)17-6-1-2-7-17/h3-4,8,10,17,19H,1-2,5-7,9,11-16H2. The highest BCUT2D eigenvalue weighted by Crippen LogP contribution is 2.30. The fourth-order valence-corrected chi connectivity index (χ4v) is 4.85. The van der Waals surface area contributed by atoms with Crippen LogP contribution in [0.4, 0.5) is 0 Å². The number of rotatable bonds is 4. The SMILES string of the molecule is O=C(Cc1ccccn1)N1CCN(C(=O)C2CCCN2C(=O)C2CCCC2)CC1. The third-order valence-electron chi connectivity index (χ3n) is 6.53. The normalized spacial score (nSPS) is 22.9. The third-order valence-corrected chi connectivity index (χ3v) is 6.53. The third kappa shape index (κ3) is 4.43. The average molecular weight is 399 g/mol. The summed E-state index contributed by atoms with van der Waals surface area (Å²) < 4.78 is 0. The van der Waals surface area contributed by atoms with Gasteiger partial charge in [-0.25, -0.2) is 0 Å². The zero-order valence-electron chi connectivity index (χ0n) is 17.0. The van der Waals surface area contributed by atoms with E-state index in [1.54, 1.807) is 6.20 Å². The van der Waals surface area contributed by atoms with E-state index in [0.29, 0.717) is 39.1 Å². The van der Waals surface area contributed by atoms with Crippen LogP contribution < -0.4 is 0 Å². The second kappa shape index (κ2) is 8.93. The highest BCUT2D eigenvalue weighted by molar-refractivity contribution is 5.89. The number of carbonyl (C=O) groups is 3. The van der Waals surface area contributed by atoms with Gasteiger partial charge in [-0.1, -0.05) is 18.9 Å². The van der Waals surface area contributed by atoms with Crippen LogP contribution in [0, 0.1) is 5.92 Å². The number of hydrogen-bond donors (Lipinski definition) is 0. The minimum absolute atomic E-state index is 0.0507. The van der Waals surface area contributed by atoms with Crippen molar-refractivity contribution < 1.29 is 14.4 Å². The number of amides is 3. The van der Waals surface area contributed by atoms with Crippen LogP contribution in [0.2, 0.25) is 0 Å². The number of nitrogens with zero attached hydrogens (tertiary/aromatic N) is 4. The lowest BCUT2D eigenvalue weighted by Crippen LogP contribution is -2.56. The van der Waals surface area contributed by atoms with Crippen LogP contribution in [0.15, 0.2) is 24.4 Å². The Morgan fingerprint density at radius 3 is 2.28 bits per heavy atom. The molecule has 0 radical (unpaired) electrons. The zero-order chi connectivity index (χ0) is 20.2. The summed E-state index contributed by atoms with van der Waals surface area (Å²) in [6, 6.07) is 5.27. The Morgan fingerprint density at radius 1 is 0.862 bits per heavy atom. The molecule has 3 fully saturated rings. The fraction of sp³-hybridized carbons (Fsp3) is 0.636. The van der Waals surface area contributed by atoms with Crippen LogP contribution in [0.1, 0.15) is 44.2 Å².